The Bertz CT molecular complexity index is 574. The molecular formula is C15H15ClFNO. The summed E-state index contributed by atoms with van der Waals surface area (Å²) in [4.78, 5) is 0. The second-order valence-corrected chi connectivity index (χ2v) is 4.64. The Morgan fingerprint density at radius 3 is 2.63 bits per heavy atom. The largest absolute Gasteiger partial charge is 0.497 e. The highest BCUT2D eigenvalue weighted by Crippen LogP contribution is 2.28. The van der Waals surface area contributed by atoms with E-state index in [0.717, 1.165) is 5.56 Å². The second kappa shape index (κ2) is 5.93. The van der Waals surface area contributed by atoms with Crippen molar-refractivity contribution in [2.24, 2.45) is 0 Å². The van der Waals surface area contributed by atoms with Gasteiger partial charge >= 0.3 is 0 Å². The molecule has 0 radical (unpaired) electrons. The molecule has 19 heavy (non-hydrogen) atoms. The molecule has 0 aliphatic carbocycles. The summed E-state index contributed by atoms with van der Waals surface area (Å²) in [6, 6.07) is 12.0. The lowest BCUT2D eigenvalue weighted by Gasteiger charge is -2.18. The third-order valence-electron chi connectivity index (χ3n) is 2.92. The molecule has 0 bridgehead atoms. The van der Waals surface area contributed by atoms with E-state index in [4.69, 9.17) is 16.3 Å². The van der Waals surface area contributed by atoms with Gasteiger partial charge in [0.25, 0.3) is 0 Å². The number of rotatable bonds is 4. The highest BCUT2D eigenvalue weighted by molar-refractivity contribution is 6.31. The van der Waals surface area contributed by atoms with Crippen LogP contribution in [0.5, 0.6) is 5.75 Å². The first-order chi connectivity index (χ1) is 9.11. The van der Waals surface area contributed by atoms with Gasteiger partial charge in [0.1, 0.15) is 11.6 Å². The van der Waals surface area contributed by atoms with E-state index in [1.54, 1.807) is 19.2 Å². The lowest BCUT2D eigenvalue weighted by molar-refractivity contribution is 0.414. The maximum Gasteiger partial charge on any atom is 0.146 e. The SMILES string of the molecule is COc1ccc(F)c(NC(C)c2ccccc2Cl)c1. The van der Waals surface area contributed by atoms with Gasteiger partial charge in [0, 0.05) is 11.1 Å². The Morgan fingerprint density at radius 1 is 1.21 bits per heavy atom. The molecule has 0 saturated carbocycles. The van der Waals surface area contributed by atoms with Gasteiger partial charge in [-0.25, -0.2) is 4.39 Å². The van der Waals surface area contributed by atoms with Gasteiger partial charge in [0.15, 0.2) is 0 Å². The maximum absolute atomic E-state index is 13.7. The number of methoxy groups -OCH3 is 1. The van der Waals surface area contributed by atoms with E-state index in [0.29, 0.717) is 16.5 Å². The molecule has 0 saturated heterocycles. The first kappa shape index (κ1) is 13.7. The number of halogens is 2. The third kappa shape index (κ3) is 3.18. The van der Waals surface area contributed by atoms with Crippen LogP contribution in [0.1, 0.15) is 18.5 Å². The molecule has 2 nitrogen and oxygen atoms in total. The van der Waals surface area contributed by atoms with Crippen LogP contribution in [-0.2, 0) is 0 Å². The molecule has 2 aromatic carbocycles. The quantitative estimate of drug-likeness (QED) is 0.879. The van der Waals surface area contributed by atoms with Crippen LogP contribution in [0.25, 0.3) is 0 Å². The Morgan fingerprint density at radius 2 is 1.95 bits per heavy atom. The van der Waals surface area contributed by atoms with Crippen molar-refractivity contribution in [2.75, 3.05) is 12.4 Å². The van der Waals surface area contributed by atoms with Crippen LogP contribution in [0.3, 0.4) is 0 Å². The van der Waals surface area contributed by atoms with Gasteiger partial charge in [-0.3, -0.25) is 0 Å². The number of ether oxygens (including phenoxy) is 1. The lowest BCUT2D eigenvalue weighted by atomic mass is 10.1. The summed E-state index contributed by atoms with van der Waals surface area (Å²) in [5.74, 6) is 0.287. The summed E-state index contributed by atoms with van der Waals surface area (Å²) < 4.78 is 18.8. The maximum atomic E-state index is 13.7. The molecule has 4 heteroatoms. The van der Waals surface area contributed by atoms with E-state index in [1.165, 1.54) is 6.07 Å². The summed E-state index contributed by atoms with van der Waals surface area (Å²) in [7, 11) is 1.55. The smallest absolute Gasteiger partial charge is 0.146 e. The van der Waals surface area contributed by atoms with E-state index < -0.39 is 0 Å². The normalized spacial score (nSPS) is 12.0. The molecule has 1 unspecified atom stereocenters. The van der Waals surface area contributed by atoms with Crippen molar-refractivity contribution in [1.82, 2.24) is 0 Å². The molecule has 0 aromatic heterocycles. The van der Waals surface area contributed by atoms with Gasteiger partial charge in [0.2, 0.25) is 0 Å². The molecule has 1 atom stereocenters. The van der Waals surface area contributed by atoms with Crippen LogP contribution in [0.4, 0.5) is 10.1 Å². The fourth-order valence-electron chi connectivity index (χ4n) is 1.88. The average molecular weight is 280 g/mol. The van der Waals surface area contributed by atoms with Crippen LogP contribution < -0.4 is 10.1 Å². The molecule has 100 valence electrons. The summed E-state index contributed by atoms with van der Waals surface area (Å²) in [5, 5.41) is 3.76. The molecular weight excluding hydrogens is 265 g/mol. The predicted octanol–water partition coefficient (Wildman–Crippen LogP) is 4.66. The molecule has 0 amide bonds. The number of hydrogen-bond donors (Lipinski definition) is 1. The molecule has 0 aliphatic heterocycles. The first-order valence-corrected chi connectivity index (χ1v) is 6.34. The highest BCUT2D eigenvalue weighted by atomic mass is 35.5. The van der Waals surface area contributed by atoms with Gasteiger partial charge in [-0.05, 0) is 30.7 Å². The zero-order chi connectivity index (χ0) is 13.8. The van der Waals surface area contributed by atoms with Crippen molar-refractivity contribution in [3.8, 4) is 5.75 Å². The van der Waals surface area contributed by atoms with Crippen molar-refractivity contribution in [3.63, 3.8) is 0 Å². The molecule has 0 fully saturated rings. The van der Waals surface area contributed by atoms with Gasteiger partial charge in [0.05, 0.1) is 18.8 Å². The third-order valence-corrected chi connectivity index (χ3v) is 3.26. The van der Waals surface area contributed by atoms with E-state index in [2.05, 4.69) is 5.32 Å². The minimum Gasteiger partial charge on any atom is -0.497 e. The van der Waals surface area contributed by atoms with E-state index >= 15 is 0 Å². The van der Waals surface area contributed by atoms with Gasteiger partial charge in [-0.1, -0.05) is 29.8 Å². The number of benzene rings is 2. The van der Waals surface area contributed by atoms with Gasteiger partial charge < -0.3 is 10.1 Å². The zero-order valence-electron chi connectivity index (χ0n) is 10.8. The minimum atomic E-state index is -0.320. The summed E-state index contributed by atoms with van der Waals surface area (Å²) >= 11 is 6.13. The van der Waals surface area contributed by atoms with E-state index in [-0.39, 0.29) is 11.9 Å². The monoisotopic (exact) mass is 279 g/mol. The van der Waals surface area contributed by atoms with Crippen molar-refractivity contribution < 1.29 is 9.13 Å². The number of anilines is 1. The Labute approximate surface area is 117 Å². The molecule has 0 heterocycles. The molecule has 2 rings (SSSR count). The number of hydrogen-bond acceptors (Lipinski definition) is 2. The van der Waals surface area contributed by atoms with Crippen LogP contribution in [-0.4, -0.2) is 7.11 Å². The van der Waals surface area contributed by atoms with Gasteiger partial charge in [-0.15, -0.1) is 0 Å². The van der Waals surface area contributed by atoms with Crippen molar-refractivity contribution >= 4 is 17.3 Å². The summed E-state index contributed by atoms with van der Waals surface area (Å²) in [5.41, 5.74) is 1.32. The fraction of sp³-hybridized carbons (Fsp3) is 0.200. The standard InChI is InChI=1S/C15H15ClFNO/c1-10(12-5-3-4-6-13(12)16)18-15-9-11(19-2)7-8-14(15)17/h3-10,18H,1-2H3. The fourth-order valence-corrected chi connectivity index (χ4v) is 2.18. The van der Waals surface area contributed by atoms with Crippen molar-refractivity contribution in [2.45, 2.75) is 13.0 Å². The second-order valence-electron chi connectivity index (χ2n) is 4.23. The lowest BCUT2D eigenvalue weighted by Crippen LogP contribution is -2.08. The Kier molecular flexibility index (Phi) is 4.27. The zero-order valence-corrected chi connectivity index (χ0v) is 11.5. The van der Waals surface area contributed by atoms with Gasteiger partial charge in [-0.2, -0.15) is 0 Å². The first-order valence-electron chi connectivity index (χ1n) is 5.96. The minimum absolute atomic E-state index is 0.102. The van der Waals surface area contributed by atoms with Crippen LogP contribution in [0, 0.1) is 5.82 Å². The van der Waals surface area contributed by atoms with E-state index in [1.807, 2.05) is 31.2 Å². The molecule has 0 aliphatic rings. The molecule has 0 spiro atoms. The van der Waals surface area contributed by atoms with Crippen LogP contribution in [0.15, 0.2) is 42.5 Å². The summed E-state index contributed by atoms with van der Waals surface area (Å²) in [6.07, 6.45) is 0. The van der Waals surface area contributed by atoms with Crippen molar-refractivity contribution in [3.05, 3.63) is 58.9 Å². The van der Waals surface area contributed by atoms with Crippen LogP contribution >= 0.6 is 11.6 Å². The Balaban J connectivity index is 2.24. The predicted molar refractivity (Wildman–Crippen MR) is 76.4 cm³/mol. The van der Waals surface area contributed by atoms with E-state index in [9.17, 15) is 4.39 Å². The molecule has 1 N–H and O–H groups in total. The highest BCUT2D eigenvalue weighted by Gasteiger charge is 2.11. The summed E-state index contributed by atoms with van der Waals surface area (Å²) in [6.45, 7) is 1.93. The molecule has 2 aromatic rings. The van der Waals surface area contributed by atoms with Crippen molar-refractivity contribution in [1.29, 1.82) is 0 Å². The number of nitrogens with one attached hydrogen (secondary N) is 1. The van der Waals surface area contributed by atoms with Crippen LogP contribution in [0.2, 0.25) is 5.02 Å². The topological polar surface area (TPSA) is 21.3 Å². The average Bonchev–Trinajstić information content (AvgIpc) is 2.41. The Hall–Kier alpha value is -1.74.